The summed E-state index contributed by atoms with van der Waals surface area (Å²) in [5.41, 5.74) is 2.52. The van der Waals surface area contributed by atoms with E-state index in [1.807, 2.05) is 66.7 Å². The van der Waals surface area contributed by atoms with Crippen molar-refractivity contribution in [3.05, 3.63) is 72.3 Å². The minimum atomic E-state index is -3.73. The van der Waals surface area contributed by atoms with Crippen molar-refractivity contribution in [3.63, 3.8) is 0 Å². The van der Waals surface area contributed by atoms with Crippen LogP contribution in [-0.4, -0.2) is 49.8 Å². The van der Waals surface area contributed by atoms with Crippen molar-refractivity contribution in [1.82, 2.24) is 0 Å². The minimum absolute atomic E-state index is 0.0755. The van der Waals surface area contributed by atoms with E-state index in [0.717, 1.165) is 27.7 Å². The molecule has 0 aliphatic rings. The zero-order valence-electron chi connectivity index (χ0n) is 19.2. The average Bonchev–Trinajstić information content (AvgIpc) is 2.89. The van der Waals surface area contributed by atoms with E-state index in [1.54, 1.807) is 0 Å². The van der Waals surface area contributed by atoms with E-state index in [2.05, 4.69) is 10.2 Å². The van der Waals surface area contributed by atoms with Crippen LogP contribution < -0.4 is 10.2 Å². The van der Waals surface area contributed by atoms with Gasteiger partial charge in [0.05, 0.1) is 13.2 Å². The Morgan fingerprint density at radius 3 is 1.97 bits per heavy atom. The lowest BCUT2D eigenvalue weighted by molar-refractivity contribution is 0.216. The van der Waals surface area contributed by atoms with Crippen molar-refractivity contribution in [3.8, 4) is 0 Å². The first-order valence-corrected chi connectivity index (χ1v) is 15.0. The summed E-state index contributed by atoms with van der Waals surface area (Å²) in [5.74, 6) is 0.540. The molecule has 3 rings (SSSR count). The normalized spacial score (nSPS) is 12.6. The first kappa shape index (κ1) is 28.4. The topological polar surface area (TPSA) is 50.8 Å². The van der Waals surface area contributed by atoms with Crippen LogP contribution >= 0.6 is 54.0 Å². The lowest BCUT2D eigenvalue weighted by Crippen LogP contribution is -2.27. The fraction of sp³-hybridized carbons (Fsp3) is 0.360. The number of anilines is 2. The van der Waals surface area contributed by atoms with Gasteiger partial charge < -0.3 is 19.3 Å². The molecule has 0 radical (unpaired) electrons. The standard InChI is InChI=1S/C25H29Cl4N2O3P/c26-12-16-31(17-13-27)22-10-8-21(9-11-22)25(35(32,33-18-14-28)34-19-15-29)30-24-7-3-5-20-4-1-2-6-23(20)24/h1-11,25,30H,12-19H2/t25-/m0/s1. The summed E-state index contributed by atoms with van der Waals surface area (Å²) in [5, 5.41) is 5.49. The third-order valence-electron chi connectivity index (χ3n) is 5.38. The molecular weight excluding hydrogens is 549 g/mol. The van der Waals surface area contributed by atoms with Gasteiger partial charge in [-0.2, -0.15) is 0 Å². The van der Waals surface area contributed by atoms with Crippen LogP contribution in [0.3, 0.4) is 0 Å². The molecule has 0 aliphatic heterocycles. The molecule has 0 amide bonds. The van der Waals surface area contributed by atoms with Crippen LogP contribution in [0.1, 0.15) is 11.3 Å². The van der Waals surface area contributed by atoms with E-state index in [9.17, 15) is 4.57 Å². The molecule has 0 aliphatic carbocycles. The summed E-state index contributed by atoms with van der Waals surface area (Å²) in [4.78, 5) is 2.10. The maximum absolute atomic E-state index is 14.1. The fourth-order valence-corrected chi connectivity index (χ4v) is 6.47. The van der Waals surface area contributed by atoms with E-state index in [1.165, 1.54) is 0 Å². The molecule has 5 nitrogen and oxygen atoms in total. The fourth-order valence-electron chi connectivity index (χ4n) is 3.79. The highest BCUT2D eigenvalue weighted by molar-refractivity contribution is 7.54. The molecule has 10 heteroatoms. The summed E-state index contributed by atoms with van der Waals surface area (Å²) in [6.07, 6.45) is 0. The molecule has 3 aromatic rings. The first-order valence-electron chi connectivity index (χ1n) is 11.3. The molecule has 1 N–H and O–H groups in total. The Balaban J connectivity index is 2.04. The second-order valence-electron chi connectivity index (χ2n) is 7.61. The molecule has 0 heterocycles. The number of alkyl halides is 4. The molecule has 1 atom stereocenters. The molecule has 0 unspecified atom stereocenters. The van der Waals surface area contributed by atoms with Gasteiger partial charge in [0.1, 0.15) is 0 Å². The van der Waals surface area contributed by atoms with Gasteiger partial charge in [-0.1, -0.05) is 48.5 Å². The third-order valence-corrected chi connectivity index (χ3v) is 8.17. The van der Waals surface area contributed by atoms with Crippen LogP contribution in [0.25, 0.3) is 10.8 Å². The van der Waals surface area contributed by atoms with Gasteiger partial charge in [-0.3, -0.25) is 4.57 Å². The second kappa shape index (κ2) is 14.5. The van der Waals surface area contributed by atoms with Gasteiger partial charge in [-0.05, 0) is 29.1 Å². The van der Waals surface area contributed by atoms with Crippen LogP contribution in [0.5, 0.6) is 0 Å². The number of nitrogens with one attached hydrogen (secondary N) is 1. The van der Waals surface area contributed by atoms with Crippen LogP contribution in [-0.2, 0) is 13.6 Å². The molecule has 0 saturated carbocycles. The quantitative estimate of drug-likeness (QED) is 0.147. The van der Waals surface area contributed by atoms with E-state index in [-0.39, 0.29) is 25.0 Å². The number of rotatable bonds is 15. The van der Waals surface area contributed by atoms with Crippen LogP contribution in [0, 0.1) is 0 Å². The van der Waals surface area contributed by atoms with Crippen molar-refractivity contribution >= 4 is 76.1 Å². The lowest BCUT2D eigenvalue weighted by atomic mass is 10.1. The van der Waals surface area contributed by atoms with Gasteiger partial charge in [0.15, 0.2) is 5.78 Å². The predicted octanol–water partition coefficient (Wildman–Crippen LogP) is 7.94. The average molecular weight is 578 g/mol. The van der Waals surface area contributed by atoms with Gasteiger partial charge in [0.25, 0.3) is 0 Å². The first-order chi connectivity index (χ1) is 17.1. The molecule has 0 bridgehead atoms. The second-order valence-corrected chi connectivity index (χ2v) is 11.2. The van der Waals surface area contributed by atoms with E-state index >= 15 is 0 Å². The number of hydrogen-bond donors (Lipinski definition) is 1. The summed E-state index contributed by atoms with van der Waals surface area (Å²) >= 11 is 23.7. The van der Waals surface area contributed by atoms with Gasteiger partial charge in [0.2, 0.25) is 0 Å². The van der Waals surface area contributed by atoms with Gasteiger partial charge in [-0.15, -0.1) is 46.4 Å². The summed E-state index contributed by atoms with van der Waals surface area (Å²) < 4.78 is 25.7. The van der Waals surface area contributed by atoms with Crippen LogP contribution in [0.2, 0.25) is 0 Å². The zero-order valence-corrected chi connectivity index (χ0v) is 23.1. The predicted molar refractivity (Wildman–Crippen MR) is 151 cm³/mol. The maximum Gasteiger partial charge on any atom is 0.357 e. The Bertz CT molecular complexity index is 1080. The highest BCUT2D eigenvalue weighted by Crippen LogP contribution is 2.61. The van der Waals surface area contributed by atoms with Crippen molar-refractivity contribution in [2.24, 2.45) is 0 Å². The van der Waals surface area contributed by atoms with E-state index in [4.69, 9.17) is 55.5 Å². The maximum atomic E-state index is 14.1. The number of fused-ring (bicyclic) bond motifs is 1. The summed E-state index contributed by atoms with van der Waals surface area (Å²) in [7, 11) is -3.73. The smallest absolute Gasteiger partial charge is 0.357 e. The van der Waals surface area contributed by atoms with Gasteiger partial charge >= 0.3 is 7.60 Å². The van der Waals surface area contributed by atoms with E-state index < -0.39 is 13.4 Å². The molecule has 0 saturated heterocycles. The van der Waals surface area contributed by atoms with Crippen molar-refractivity contribution < 1.29 is 13.6 Å². The van der Waals surface area contributed by atoms with Crippen molar-refractivity contribution in [2.75, 3.05) is 60.0 Å². The minimum Gasteiger partial charge on any atom is -0.369 e. The Morgan fingerprint density at radius 2 is 1.37 bits per heavy atom. The van der Waals surface area contributed by atoms with Crippen molar-refractivity contribution in [1.29, 1.82) is 0 Å². The number of halogens is 4. The molecule has 0 spiro atoms. The number of nitrogens with zero attached hydrogens (tertiary/aromatic N) is 1. The third kappa shape index (κ3) is 7.66. The van der Waals surface area contributed by atoms with Gasteiger partial charge in [0, 0.05) is 53.4 Å². The SMILES string of the molecule is O=P(OCCCl)(OCCCl)[C@H](Nc1cccc2ccccc12)c1ccc(N(CCCl)CCCl)cc1. The number of hydrogen-bond acceptors (Lipinski definition) is 5. The largest absolute Gasteiger partial charge is 0.369 e. The van der Waals surface area contributed by atoms with E-state index in [0.29, 0.717) is 24.8 Å². The highest BCUT2D eigenvalue weighted by atomic mass is 35.5. The monoisotopic (exact) mass is 576 g/mol. The Hall–Kier alpha value is -1.17. The van der Waals surface area contributed by atoms with Gasteiger partial charge in [-0.25, -0.2) is 0 Å². The molecule has 0 fully saturated rings. The van der Waals surface area contributed by atoms with Crippen LogP contribution in [0.4, 0.5) is 11.4 Å². The summed E-state index contributed by atoms with van der Waals surface area (Å²) in [6, 6.07) is 21.6. The molecule has 190 valence electrons. The lowest BCUT2D eigenvalue weighted by Gasteiger charge is -2.30. The van der Waals surface area contributed by atoms with Crippen LogP contribution in [0.15, 0.2) is 66.7 Å². The highest BCUT2D eigenvalue weighted by Gasteiger charge is 2.38. The Kier molecular flexibility index (Phi) is 11.8. The Morgan fingerprint density at radius 1 is 0.771 bits per heavy atom. The molecule has 3 aromatic carbocycles. The summed E-state index contributed by atoms with van der Waals surface area (Å²) in [6.45, 7) is 1.49. The van der Waals surface area contributed by atoms with Crippen molar-refractivity contribution in [2.45, 2.75) is 5.78 Å². The molecular formula is C25H29Cl4N2O3P. The molecule has 0 aromatic heterocycles. The Labute approximate surface area is 227 Å². The zero-order chi connectivity index (χ0) is 25.1. The molecule has 35 heavy (non-hydrogen) atoms. The number of benzene rings is 3.